The Morgan fingerprint density at radius 3 is 1.55 bits per heavy atom. The number of phenolic OH excluding ortho intramolecular Hbond substituents is 2. The Balaban J connectivity index is 1.65. The van der Waals surface area contributed by atoms with Crippen LogP contribution in [0.1, 0.15) is 12.8 Å². The second-order valence-electron chi connectivity index (χ2n) is 4.86. The van der Waals surface area contributed by atoms with Gasteiger partial charge in [-0.25, -0.2) is 0 Å². The van der Waals surface area contributed by atoms with E-state index >= 15 is 0 Å². The Hall–Kier alpha value is -2.40. The van der Waals surface area contributed by atoms with Gasteiger partial charge in [0.05, 0.1) is 19.3 Å². The largest absolute Gasteiger partial charge is 0.504 e. The lowest BCUT2D eigenvalue weighted by Gasteiger charge is -2.13. The van der Waals surface area contributed by atoms with E-state index in [1.807, 2.05) is 0 Å². The van der Waals surface area contributed by atoms with Gasteiger partial charge in [-0.3, -0.25) is 0 Å². The molecule has 0 spiro atoms. The van der Waals surface area contributed by atoms with E-state index in [0.717, 1.165) is 0 Å². The van der Waals surface area contributed by atoms with Gasteiger partial charge in [-0.1, -0.05) is 24.3 Å². The average Bonchev–Trinajstić information content (AvgIpc) is 2.51. The molecule has 5 heteroatoms. The molecule has 0 aliphatic heterocycles. The van der Waals surface area contributed by atoms with E-state index in [9.17, 15) is 15.3 Å². The lowest BCUT2D eigenvalue weighted by Crippen LogP contribution is -2.15. The van der Waals surface area contributed by atoms with Crippen molar-refractivity contribution in [2.75, 3.05) is 13.2 Å². The van der Waals surface area contributed by atoms with Gasteiger partial charge in [0.25, 0.3) is 0 Å². The minimum atomic E-state index is -0.572. The highest BCUT2D eigenvalue weighted by atomic mass is 16.5. The third-order valence-electron chi connectivity index (χ3n) is 3.15. The molecule has 0 saturated heterocycles. The molecule has 0 bridgehead atoms. The number of benzene rings is 2. The van der Waals surface area contributed by atoms with Crippen LogP contribution in [0.25, 0.3) is 0 Å². The van der Waals surface area contributed by atoms with Crippen molar-refractivity contribution in [2.45, 2.75) is 18.9 Å². The summed E-state index contributed by atoms with van der Waals surface area (Å²) in [5.74, 6) is 0.972. The molecule has 2 rings (SSSR count). The summed E-state index contributed by atoms with van der Waals surface area (Å²) in [6.07, 6.45) is 0.286. The van der Waals surface area contributed by atoms with Crippen LogP contribution in [-0.4, -0.2) is 34.6 Å². The molecule has 0 aliphatic carbocycles. The minimum Gasteiger partial charge on any atom is -0.504 e. The first-order valence-corrected chi connectivity index (χ1v) is 7.16. The number of hydrogen-bond donors (Lipinski definition) is 3. The van der Waals surface area contributed by atoms with E-state index in [4.69, 9.17) is 9.47 Å². The van der Waals surface area contributed by atoms with Crippen molar-refractivity contribution in [1.29, 1.82) is 0 Å². The fourth-order valence-electron chi connectivity index (χ4n) is 1.91. The topological polar surface area (TPSA) is 79.2 Å². The third-order valence-corrected chi connectivity index (χ3v) is 3.15. The molecule has 0 heterocycles. The van der Waals surface area contributed by atoms with Gasteiger partial charge >= 0.3 is 0 Å². The molecule has 0 aromatic heterocycles. The number of aliphatic hydroxyl groups is 1. The van der Waals surface area contributed by atoms with Crippen LogP contribution in [0.15, 0.2) is 48.5 Å². The Labute approximate surface area is 129 Å². The Morgan fingerprint density at radius 1 is 0.727 bits per heavy atom. The van der Waals surface area contributed by atoms with Gasteiger partial charge < -0.3 is 24.8 Å². The molecule has 0 atom stereocenters. The van der Waals surface area contributed by atoms with Gasteiger partial charge in [0, 0.05) is 12.8 Å². The predicted octanol–water partition coefficient (Wildman–Crippen LogP) is 2.70. The van der Waals surface area contributed by atoms with Crippen LogP contribution in [0.5, 0.6) is 23.0 Å². The highest BCUT2D eigenvalue weighted by molar-refractivity contribution is 5.38. The lowest BCUT2D eigenvalue weighted by atomic mass is 10.2. The Morgan fingerprint density at radius 2 is 1.14 bits per heavy atom. The maximum Gasteiger partial charge on any atom is 0.160 e. The normalized spacial score (nSPS) is 10.6. The fourth-order valence-corrected chi connectivity index (χ4v) is 1.91. The molecule has 2 aromatic rings. The van der Waals surface area contributed by atoms with E-state index in [0.29, 0.717) is 37.6 Å². The van der Waals surface area contributed by atoms with E-state index in [-0.39, 0.29) is 11.5 Å². The van der Waals surface area contributed by atoms with Crippen LogP contribution in [0.2, 0.25) is 0 Å². The molecule has 0 aliphatic rings. The number of rotatable bonds is 8. The van der Waals surface area contributed by atoms with E-state index in [1.165, 1.54) is 0 Å². The van der Waals surface area contributed by atoms with Gasteiger partial charge in [0.1, 0.15) is 0 Å². The smallest absolute Gasteiger partial charge is 0.160 e. The quantitative estimate of drug-likeness (QED) is 0.699. The summed E-state index contributed by atoms with van der Waals surface area (Å²) in [7, 11) is 0. The summed E-state index contributed by atoms with van der Waals surface area (Å²) in [5.41, 5.74) is 0. The molecule has 0 amide bonds. The van der Waals surface area contributed by atoms with Crippen molar-refractivity contribution >= 4 is 0 Å². The number of ether oxygens (including phenoxy) is 2. The molecule has 0 unspecified atom stereocenters. The first kappa shape index (κ1) is 16.0. The zero-order valence-electron chi connectivity index (χ0n) is 12.2. The van der Waals surface area contributed by atoms with E-state index in [1.54, 1.807) is 48.5 Å². The first-order chi connectivity index (χ1) is 10.7. The number of aromatic hydroxyl groups is 2. The average molecular weight is 304 g/mol. The Kier molecular flexibility index (Phi) is 5.91. The van der Waals surface area contributed by atoms with Crippen LogP contribution in [0.3, 0.4) is 0 Å². The zero-order valence-corrected chi connectivity index (χ0v) is 12.2. The van der Waals surface area contributed by atoms with Crippen molar-refractivity contribution in [2.24, 2.45) is 0 Å². The standard InChI is InChI=1S/C17H20O5/c18-13(9-11-21-16-7-3-1-5-14(16)19)10-12-22-17-8-4-2-6-15(17)20/h1-8,13,18-20H,9-12H2. The van der Waals surface area contributed by atoms with Gasteiger partial charge in [0.2, 0.25) is 0 Å². The maximum absolute atomic E-state index is 9.86. The number of hydrogen-bond acceptors (Lipinski definition) is 5. The van der Waals surface area contributed by atoms with Crippen LogP contribution in [-0.2, 0) is 0 Å². The molecule has 22 heavy (non-hydrogen) atoms. The summed E-state index contributed by atoms with van der Waals surface area (Å²) in [6.45, 7) is 0.602. The predicted molar refractivity (Wildman–Crippen MR) is 82.4 cm³/mol. The van der Waals surface area contributed by atoms with Crippen molar-refractivity contribution < 1.29 is 24.8 Å². The zero-order chi connectivity index (χ0) is 15.8. The SMILES string of the molecule is Oc1ccccc1OCCC(O)CCOc1ccccc1O. The molecular formula is C17H20O5. The second-order valence-corrected chi connectivity index (χ2v) is 4.86. The van der Waals surface area contributed by atoms with E-state index < -0.39 is 6.10 Å². The molecule has 3 N–H and O–H groups in total. The van der Waals surface area contributed by atoms with Crippen LogP contribution < -0.4 is 9.47 Å². The highest BCUT2D eigenvalue weighted by Gasteiger charge is 2.07. The highest BCUT2D eigenvalue weighted by Crippen LogP contribution is 2.25. The van der Waals surface area contributed by atoms with Gasteiger partial charge in [-0.15, -0.1) is 0 Å². The summed E-state index contributed by atoms with van der Waals surface area (Å²) in [4.78, 5) is 0. The van der Waals surface area contributed by atoms with Crippen molar-refractivity contribution in [3.05, 3.63) is 48.5 Å². The minimum absolute atomic E-state index is 0.0832. The van der Waals surface area contributed by atoms with Crippen molar-refractivity contribution in [3.8, 4) is 23.0 Å². The molecule has 0 fully saturated rings. The van der Waals surface area contributed by atoms with Crippen LogP contribution in [0.4, 0.5) is 0 Å². The van der Waals surface area contributed by atoms with Crippen LogP contribution >= 0.6 is 0 Å². The summed E-state index contributed by atoms with van der Waals surface area (Å²) in [5, 5.41) is 28.9. The van der Waals surface area contributed by atoms with E-state index in [2.05, 4.69) is 0 Å². The number of para-hydroxylation sites is 4. The summed E-state index contributed by atoms with van der Waals surface area (Å²) in [6, 6.07) is 13.4. The van der Waals surface area contributed by atoms with Crippen molar-refractivity contribution in [1.82, 2.24) is 0 Å². The molecule has 118 valence electrons. The summed E-state index contributed by atoms with van der Waals surface area (Å²) < 4.78 is 10.8. The maximum atomic E-state index is 9.86. The van der Waals surface area contributed by atoms with Crippen LogP contribution in [0, 0.1) is 0 Å². The van der Waals surface area contributed by atoms with Gasteiger partial charge in [-0.05, 0) is 24.3 Å². The monoisotopic (exact) mass is 304 g/mol. The van der Waals surface area contributed by atoms with Gasteiger partial charge in [-0.2, -0.15) is 0 Å². The molecule has 2 aromatic carbocycles. The number of phenols is 2. The second kappa shape index (κ2) is 8.14. The first-order valence-electron chi connectivity index (χ1n) is 7.16. The molecule has 5 nitrogen and oxygen atoms in total. The summed E-state index contributed by atoms with van der Waals surface area (Å²) >= 11 is 0. The fraction of sp³-hybridized carbons (Fsp3) is 0.294. The molecule has 0 saturated carbocycles. The lowest BCUT2D eigenvalue weighted by molar-refractivity contribution is 0.111. The van der Waals surface area contributed by atoms with Gasteiger partial charge in [0.15, 0.2) is 23.0 Å². The third kappa shape index (κ3) is 4.86. The molecule has 0 radical (unpaired) electrons. The molecular weight excluding hydrogens is 284 g/mol. The Bertz CT molecular complexity index is 533. The number of aliphatic hydroxyl groups excluding tert-OH is 1. The van der Waals surface area contributed by atoms with Crippen molar-refractivity contribution in [3.63, 3.8) is 0 Å².